The zero-order valence-electron chi connectivity index (χ0n) is 15.6. The van der Waals surface area contributed by atoms with Crippen molar-refractivity contribution in [2.75, 3.05) is 13.2 Å². The van der Waals surface area contributed by atoms with Crippen LogP contribution in [0.15, 0.2) is 11.6 Å². The number of epoxide rings is 1. The lowest BCUT2D eigenvalue weighted by molar-refractivity contribution is -0.233. The molecule has 7 atom stereocenters. The quantitative estimate of drug-likeness (QED) is 0.454. The smallest absolute Gasteiger partial charge is 0.303 e. The Kier molecular flexibility index (Phi) is 3.82. The number of fused-ring (bicyclic) bond motifs is 2. The molecule has 2 unspecified atom stereocenters. The molecule has 2 aliphatic carbocycles. The number of hydrogen-bond acceptors (Lipinski definition) is 7. The number of carbonyl (C=O) groups is 2. The number of allylic oxidation sites excluding steroid dienone is 1. The molecule has 3 fully saturated rings. The van der Waals surface area contributed by atoms with Crippen LogP contribution >= 0.6 is 0 Å². The summed E-state index contributed by atoms with van der Waals surface area (Å²) in [6.07, 6.45) is 0.896. The Labute approximate surface area is 152 Å². The van der Waals surface area contributed by atoms with Crippen LogP contribution < -0.4 is 0 Å². The molecule has 7 nitrogen and oxygen atoms in total. The maximum absolute atomic E-state index is 11.8. The summed E-state index contributed by atoms with van der Waals surface area (Å²) in [5.74, 6) is -0.830. The Morgan fingerprint density at radius 2 is 2.04 bits per heavy atom. The number of aliphatic hydroxyl groups excluding tert-OH is 1. The number of aliphatic hydroxyl groups is 1. The molecule has 4 aliphatic rings. The van der Waals surface area contributed by atoms with Crippen molar-refractivity contribution in [1.82, 2.24) is 0 Å². The van der Waals surface area contributed by atoms with Crippen LogP contribution in [0.1, 0.15) is 40.5 Å². The van der Waals surface area contributed by atoms with Gasteiger partial charge in [0.2, 0.25) is 0 Å². The van der Waals surface area contributed by atoms with Gasteiger partial charge in [-0.05, 0) is 19.8 Å². The van der Waals surface area contributed by atoms with Gasteiger partial charge in [-0.2, -0.15) is 0 Å². The third-order valence-corrected chi connectivity index (χ3v) is 7.08. The summed E-state index contributed by atoms with van der Waals surface area (Å²) >= 11 is 0. The molecule has 144 valence electrons. The summed E-state index contributed by atoms with van der Waals surface area (Å²) in [5, 5.41) is 10.9. The second-order valence-corrected chi connectivity index (χ2v) is 8.33. The molecule has 0 aromatic carbocycles. The molecule has 7 heteroatoms. The van der Waals surface area contributed by atoms with Crippen LogP contribution in [0, 0.1) is 10.8 Å². The normalized spacial score (nSPS) is 48.6. The van der Waals surface area contributed by atoms with Crippen LogP contribution in [0.5, 0.6) is 0 Å². The predicted octanol–water partition coefficient (Wildman–Crippen LogP) is 1.12. The van der Waals surface area contributed by atoms with Gasteiger partial charge in [0.05, 0.1) is 18.1 Å². The monoisotopic (exact) mass is 366 g/mol. The Bertz CT molecular complexity index is 681. The first-order valence-electron chi connectivity index (χ1n) is 9.13. The van der Waals surface area contributed by atoms with Gasteiger partial charge in [0.1, 0.15) is 30.5 Å². The molecule has 0 radical (unpaired) electrons. The molecule has 2 aliphatic heterocycles. The van der Waals surface area contributed by atoms with Gasteiger partial charge in [-0.1, -0.05) is 18.6 Å². The van der Waals surface area contributed by atoms with Crippen molar-refractivity contribution in [1.29, 1.82) is 0 Å². The zero-order valence-corrected chi connectivity index (χ0v) is 15.6. The lowest BCUT2D eigenvalue weighted by Crippen LogP contribution is -2.66. The molecule has 1 saturated carbocycles. The highest BCUT2D eigenvalue weighted by molar-refractivity contribution is 5.67. The summed E-state index contributed by atoms with van der Waals surface area (Å²) < 4.78 is 23.3. The highest BCUT2D eigenvalue weighted by Gasteiger charge is 2.85. The lowest BCUT2D eigenvalue weighted by atomic mass is 9.51. The standard InChI is InChI=1S/C19H26O7/c1-10-5-6-18(8-23-11(2)20)13(7-10)26-16-14(22)15(25-12(3)21)17(18,4)19(16)9-24-19/h7,13-16,22H,5-6,8-9H2,1-4H3/t13?,14-,15-,16-,17-,18-,19?/m1/s1. The van der Waals surface area contributed by atoms with Crippen molar-refractivity contribution in [3.63, 3.8) is 0 Å². The lowest BCUT2D eigenvalue weighted by Gasteiger charge is -2.58. The predicted molar refractivity (Wildman–Crippen MR) is 89.1 cm³/mol. The Morgan fingerprint density at radius 3 is 2.62 bits per heavy atom. The maximum Gasteiger partial charge on any atom is 0.303 e. The number of ether oxygens (including phenoxy) is 4. The van der Waals surface area contributed by atoms with Gasteiger partial charge in [-0.15, -0.1) is 0 Å². The molecular formula is C19H26O7. The van der Waals surface area contributed by atoms with Crippen molar-refractivity contribution >= 4 is 11.9 Å². The minimum atomic E-state index is -0.986. The summed E-state index contributed by atoms with van der Waals surface area (Å²) in [5.41, 5.74) is -0.890. The zero-order chi connectivity index (χ0) is 18.9. The van der Waals surface area contributed by atoms with Crippen molar-refractivity contribution in [2.45, 2.75) is 70.6 Å². The molecule has 1 N–H and O–H groups in total. The molecule has 1 spiro atoms. The number of esters is 2. The van der Waals surface area contributed by atoms with Crippen molar-refractivity contribution in [2.24, 2.45) is 10.8 Å². The SMILES string of the molecule is CC(=O)OC[C@]12CCC(C)=CC1O[C@@H]1[C@H](O)[C@@H](OC(C)=O)[C@@]2(C)C12CO2. The third-order valence-electron chi connectivity index (χ3n) is 7.08. The average Bonchev–Trinajstić information content (AvgIpc) is 3.34. The first-order valence-corrected chi connectivity index (χ1v) is 9.13. The summed E-state index contributed by atoms with van der Waals surface area (Å²) in [7, 11) is 0. The Balaban J connectivity index is 1.86. The Morgan fingerprint density at radius 1 is 1.35 bits per heavy atom. The molecule has 2 heterocycles. The summed E-state index contributed by atoms with van der Waals surface area (Å²) in [4.78, 5) is 23.4. The first kappa shape index (κ1) is 17.9. The van der Waals surface area contributed by atoms with E-state index in [9.17, 15) is 14.7 Å². The molecule has 0 aromatic heterocycles. The van der Waals surface area contributed by atoms with E-state index in [0.717, 1.165) is 6.42 Å². The molecule has 26 heavy (non-hydrogen) atoms. The largest absolute Gasteiger partial charge is 0.465 e. The van der Waals surface area contributed by atoms with Crippen molar-refractivity contribution < 1.29 is 33.6 Å². The van der Waals surface area contributed by atoms with Crippen LogP contribution in [0.4, 0.5) is 0 Å². The van der Waals surface area contributed by atoms with Crippen molar-refractivity contribution in [3.8, 4) is 0 Å². The van der Waals surface area contributed by atoms with Gasteiger partial charge >= 0.3 is 11.9 Å². The van der Waals surface area contributed by atoms with Gasteiger partial charge in [0, 0.05) is 19.3 Å². The Hall–Kier alpha value is -1.44. The van der Waals surface area contributed by atoms with Crippen LogP contribution in [-0.2, 0) is 28.5 Å². The molecule has 4 rings (SSSR count). The summed E-state index contributed by atoms with van der Waals surface area (Å²) in [6.45, 7) is 7.31. The van der Waals surface area contributed by atoms with Gasteiger partial charge in [-0.3, -0.25) is 9.59 Å². The van der Waals surface area contributed by atoms with Crippen LogP contribution in [-0.4, -0.2) is 60.3 Å². The van der Waals surface area contributed by atoms with E-state index < -0.39 is 40.7 Å². The van der Waals surface area contributed by atoms with Gasteiger partial charge in [0.25, 0.3) is 0 Å². The number of hydrogen-bond donors (Lipinski definition) is 1. The molecule has 2 bridgehead atoms. The van der Waals surface area contributed by atoms with Gasteiger partial charge in [-0.25, -0.2) is 0 Å². The third kappa shape index (κ3) is 2.05. The maximum atomic E-state index is 11.8. The fraction of sp³-hybridized carbons (Fsp3) is 0.789. The van der Waals surface area contributed by atoms with Crippen LogP contribution in [0.3, 0.4) is 0 Å². The van der Waals surface area contributed by atoms with E-state index in [-0.39, 0.29) is 18.7 Å². The highest BCUT2D eigenvalue weighted by atomic mass is 16.7. The van der Waals surface area contributed by atoms with E-state index in [2.05, 4.69) is 6.08 Å². The van der Waals surface area contributed by atoms with Crippen molar-refractivity contribution in [3.05, 3.63) is 11.6 Å². The average molecular weight is 366 g/mol. The fourth-order valence-corrected chi connectivity index (χ4v) is 5.60. The second-order valence-electron chi connectivity index (χ2n) is 8.33. The molecular weight excluding hydrogens is 340 g/mol. The number of rotatable bonds is 3. The van der Waals surface area contributed by atoms with E-state index in [1.165, 1.54) is 19.4 Å². The first-order chi connectivity index (χ1) is 12.2. The van der Waals surface area contributed by atoms with E-state index in [4.69, 9.17) is 18.9 Å². The van der Waals surface area contributed by atoms with Gasteiger partial charge < -0.3 is 24.1 Å². The highest BCUT2D eigenvalue weighted by Crippen LogP contribution is 2.72. The minimum Gasteiger partial charge on any atom is -0.465 e. The topological polar surface area (TPSA) is 94.6 Å². The molecule has 0 aromatic rings. The summed E-state index contributed by atoms with van der Waals surface area (Å²) in [6, 6.07) is 0. The van der Waals surface area contributed by atoms with E-state index in [1.54, 1.807) is 0 Å². The van der Waals surface area contributed by atoms with Crippen LogP contribution in [0.25, 0.3) is 0 Å². The minimum absolute atomic E-state index is 0.135. The van der Waals surface area contributed by atoms with E-state index >= 15 is 0 Å². The fourth-order valence-electron chi connectivity index (χ4n) is 5.60. The van der Waals surface area contributed by atoms with Crippen LogP contribution in [0.2, 0.25) is 0 Å². The second kappa shape index (κ2) is 5.53. The molecule has 0 amide bonds. The molecule has 2 saturated heterocycles. The van der Waals surface area contributed by atoms with E-state index in [0.29, 0.717) is 13.0 Å². The van der Waals surface area contributed by atoms with E-state index in [1.807, 2.05) is 13.8 Å². The number of carbonyl (C=O) groups excluding carboxylic acids is 2. The van der Waals surface area contributed by atoms with Gasteiger partial charge in [0.15, 0.2) is 0 Å².